The highest BCUT2D eigenvalue weighted by atomic mass is 79.9. The van der Waals surface area contributed by atoms with Gasteiger partial charge in [0.2, 0.25) is 0 Å². The van der Waals surface area contributed by atoms with Crippen molar-refractivity contribution in [2.24, 2.45) is 34.5 Å². The molecule has 6 fully saturated rings. The van der Waals surface area contributed by atoms with Crippen LogP contribution < -0.4 is 17.0 Å². The van der Waals surface area contributed by atoms with E-state index in [0.717, 1.165) is 50.0 Å². The summed E-state index contributed by atoms with van der Waals surface area (Å²) in [6, 6.07) is 0.702. The standard InChI is InChI=1S/C33H55N2O5.BrH/c1-22(36)39-30-19-24-9-10-25-26(33(24,4)21-28(30)34-13-17-38-18-14-34)11-12-32(3)27(25)20-29(31(32)40-23(2)37)35(5)15-7-6-8-16-35;/h24-31H,6-21H2,1-5H3;1H/q+1;/p-1/t24-,25+,26-,27-,28-,29-,30-,31-,32-,33-;/m0./s1. The quantitative estimate of drug-likeness (QED) is 0.346. The number of morpholine rings is 1. The predicted molar refractivity (Wildman–Crippen MR) is 153 cm³/mol. The summed E-state index contributed by atoms with van der Waals surface area (Å²) >= 11 is 0. The van der Waals surface area contributed by atoms with Gasteiger partial charge < -0.3 is 35.7 Å². The van der Waals surface area contributed by atoms with Crippen molar-refractivity contribution in [3.05, 3.63) is 0 Å². The lowest BCUT2D eigenvalue weighted by Crippen LogP contribution is -3.00. The molecule has 8 heteroatoms. The van der Waals surface area contributed by atoms with E-state index >= 15 is 0 Å². The molecule has 0 unspecified atom stereocenters. The summed E-state index contributed by atoms with van der Waals surface area (Å²) in [5, 5.41) is 0. The Hall–Kier alpha value is -0.700. The van der Waals surface area contributed by atoms with E-state index in [4.69, 9.17) is 14.2 Å². The van der Waals surface area contributed by atoms with Crippen LogP contribution in [-0.4, -0.2) is 92.1 Å². The molecule has 41 heavy (non-hydrogen) atoms. The van der Waals surface area contributed by atoms with E-state index in [1.54, 1.807) is 13.8 Å². The summed E-state index contributed by atoms with van der Waals surface area (Å²) in [6.07, 6.45) is 12.1. The monoisotopic (exact) mass is 638 g/mol. The molecule has 0 aromatic heterocycles. The number of carbonyl (C=O) groups excluding carboxylic acids is 2. The third kappa shape index (κ3) is 5.55. The SMILES string of the molecule is CC(=O)O[C@H]1C[C@@H]2CC[C@@H]3[C@H](CC[C@@]4(C)[C@H]3C[C@H]([N+]3(C)CCCCC3)[C@@H]4OC(C)=O)[C@@]2(C)C[C@@H]1N1CCOCC1.[Br-]. The van der Waals surface area contributed by atoms with E-state index in [1.807, 2.05) is 0 Å². The first kappa shape index (κ1) is 31.7. The molecular weight excluding hydrogens is 584 g/mol. The minimum atomic E-state index is -0.142. The number of piperidine rings is 1. The fourth-order valence-electron chi connectivity index (χ4n) is 11.4. The molecule has 7 nitrogen and oxygen atoms in total. The maximum absolute atomic E-state index is 12.5. The first-order valence-electron chi connectivity index (χ1n) is 16.6. The Balaban J connectivity index is 0.00000337. The molecular formula is C33H55BrN2O5. The second-order valence-electron chi connectivity index (χ2n) is 15.3. The van der Waals surface area contributed by atoms with Crippen molar-refractivity contribution in [2.45, 2.75) is 116 Å². The molecule has 10 atom stereocenters. The molecule has 2 saturated heterocycles. The number of hydrogen-bond acceptors (Lipinski definition) is 6. The molecule has 0 bridgehead atoms. The Morgan fingerprint density at radius 3 is 2.22 bits per heavy atom. The maximum atomic E-state index is 12.5. The highest BCUT2D eigenvalue weighted by molar-refractivity contribution is 5.66. The highest BCUT2D eigenvalue weighted by Gasteiger charge is 2.67. The summed E-state index contributed by atoms with van der Waals surface area (Å²) in [5.74, 6) is 2.35. The average Bonchev–Trinajstić information content (AvgIpc) is 3.21. The van der Waals surface area contributed by atoms with Gasteiger partial charge in [0.15, 0.2) is 6.10 Å². The summed E-state index contributed by atoms with van der Waals surface area (Å²) < 4.78 is 19.2. The lowest BCUT2D eigenvalue weighted by molar-refractivity contribution is -0.940. The van der Waals surface area contributed by atoms with Crippen molar-refractivity contribution in [3.63, 3.8) is 0 Å². The number of ether oxygens (including phenoxy) is 3. The molecule has 6 rings (SSSR count). The van der Waals surface area contributed by atoms with Gasteiger partial charge >= 0.3 is 11.9 Å². The number of likely N-dealkylation sites (tertiary alicyclic amines) is 1. The van der Waals surface area contributed by atoms with Crippen molar-refractivity contribution in [2.75, 3.05) is 46.4 Å². The number of esters is 2. The Labute approximate surface area is 258 Å². The molecule has 0 amide bonds. The fraction of sp³-hybridized carbons (Fsp3) is 0.939. The summed E-state index contributed by atoms with van der Waals surface area (Å²) in [6.45, 7) is 14.1. The van der Waals surface area contributed by atoms with Gasteiger partial charge in [-0.05, 0) is 86.9 Å². The van der Waals surface area contributed by atoms with Gasteiger partial charge in [-0.1, -0.05) is 13.8 Å². The van der Waals surface area contributed by atoms with Gasteiger partial charge in [-0.3, -0.25) is 14.5 Å². The average molecular weight is 640 g/mol. The molecule has 4 saturated carbocycles. The van der Waals surface area contributed by atoms with Gasteiger partial charge in [0.25, 0.3) is 0 Å². The number of halogens is 1. The van der Waals surface area contributed by atoms with Crippen LogP contribution >= 0.6 is 0 Å². The number of hydrogen-bond donors (Lipinski definition) is 0. The maximum Gasteiger partial charge on any atom is 0.303 e. The van der Waals surface area contributed by atoms with Crippen molar-refractivity contribution in [1.29, 1.82) is 0 Å². The molecule has 2 heterocycles. The smallest absolute Gasteiger partial charge is 0.303 e. The molecule has 6 aliphatic rings. The number of carbonyl (C=O) groups is 2. The molecule has 2 aliphatic heterocycles. The Morgan fingerprint density at radius 1 is 0.878 bits per heavy atom. The van der Waals surface area contributed by atoms with Crippen LogP contribution in [-0.2, 0) is 23.8 Å². The lowest BCUT2D eigenvalue weighted by atomic mass is 9.44. The summed E-state index contributed by atoms with van der Waals surface area (Å²) in [4.78, 5) is 27.2. The van der Waals surface area contributed by atoms with E-state index in [0.29, 0.717) is 29.7 Å². The molecule has 0 N–H and O–H groups in total. The molecule has 0 aromatic rings. The van der Waals surface area contributed by atoms with Crippen LogP contribution in [0.25, 0.3) is 0 Å². The summed E-state index contributed by atoms with van der Waals surface area (Å²) in [5.41, 5.74) is 0.320. The Bertz CT molecular complexity index is 967. The van der Waals surface area contributed by atoms with Crippen LogP contribution in [0.1, 0.15) is 91.9 Å². The predicted octanol–water partition coefficient (Wildman–Crippen LogP) is 1.82. The zero-order chi connectivity index (χ0) is 28.3. The molecule has 234 valence electrons. The third-order valence-corrected chi connectivity index (χ3v) is 13.4. The second kappa shape index (κ2) is 12.0. The van der Waals surface area contributed by atoms with Gasteiger partial charge in [-0.25, -0.2) is 0 Å². The van der Waals surface area contributed by atoms with Crippen LogP contribution in [0.3, 0.4) is 0 Å². The van der Waals surface area contributed by atoms with Crippen LogP contribution in [0, 0.1) is 34.5 Å². The van der Waals surface area contributed by atoms with Crippen LogP contribution in [0.4, 0.5) is 0 Å². The minimum Gasteiger partial charge on any atom is -1.00 e. The molecule has 4 aliphatic carbocycles. The van der Waals surface area contributed by atoms with Crippen molar-refractivity contribution >= 4 is 11.9 Å². The van der Waals surface area contributed by atoms with Gasteiger partial charge in [-0.2, -0.15) is 0 Å². The number of nitrogens with zero attached hydrogens (tertiary/aromatic N) is 2. The molecule has 0 spiro atoms. The molecule has 0 radical (unpaired) electrons. The zero-order valence-corrected chi connectivity index (χ0v) is 27.8. The van der Waals surface area contributed by atoms with Gasteiger partial charge in [0.05, 0.1) is 33.4 Å². The highest BCUT2D eigenvalue weighted by Crippen LogP contribution is 2.67. The van der Waals surface area contributed by atoms with E-state index < -0.39 is 0 Å². The van der Waals surface area contributed by atoms with E-state index in [1.165, 1.54) is 58.0 Å². The van der Waals surface area contributed by atoms with Gasteiger partial charge in [-0.15, -0.1) is 0 Å². The minimum absolute atomic E-state index is 0. The van der Waals surface area contributed by atoms with Crippen molar-refractivity contribution < 1.29 is 45.3 Å². The molecule has 0 aromatic carbocycles. The fourth-order valence-corrected chi connectivity index (χ4v) is 11.4. The Morgan fingerprint density at radius 2 is 1.56 bits per heavy atom. The van der Waals surface area contributed by atoms with Crippen molar-refractivity contribution in [1.82, 2.24) is 4.90 Å². The van der Waals surface area contributed by atoms with Gasteiger partial charge in [0, 0.05) is 44.8 Å². The number of fused-ring (bicyclic) bond motifs is 5. The van der Waals surface area contributed by atoms with Crippen molar-refractivity contribution in [3.8, 4) is 0 Å². The lowest BCUT2D eigenvalue weighted by Gasteiger charge is -2.62. The number of rotatable bonds is 4. The first-order chi connectivity index (χ1) is 19.0. The van der Waals surface area contributed by atoms with Crippen LogP contribution in [0.15, 0.2) is 0 Å². The zero-order valence-electron chi connectivity index (χ0n) is 26.2. The third-order valence-electron chi connectivity index (χ3n) is 13.4. The number of likely N-dealkylation sites (N-methyl/N-ethyl adjacent to an activating group) is 1. The van der Waals surface area contributed by atoms with E-state index in [9.17, 15) is 9.59 Å². The second-order valence-corrected chi connectivity index (χ2v) is 15.3. The van der Waals surface area contributed by atoms with E-state index in [-0.39, 0.29) is 58.0 Å². The first-order valence-corrected chi connectivity index (χ1v) is 16.6. The van der Waals surface area contributed by atoms with Crippen LogP contribution in [0.2, 0.25) is 0 Å². The normalized spacial score (nSPS) is 45.8. The Kier molecular flexibility index (Phi) is 9.29. The topological polar surface area (TPSA) is 65.1 Å². The largest absolute Gasteiger partial charge is 1.00 e. The summed E-state index contributed by atoms with van der Waals surface area (Å²) in [7, 11) is 2.46. The van der Waals surface area contributed by atoms with Gasteiger partial charge in [0.1, 0.15) is 12.1 Å². The number of quaternary nitrogens is 1. The van der Waals surface area contributed by atoms with Crippen LogP contribution in [0.5, 0.6) is 0 Å². The van der Waals surface area contributed by atoms with E-state index in [2.05, 4.69) is 25.8 Å².